The monoisotopic (exact) mass is 554 g/mol. The van der Waals surface area contributed by atoms with Crippen molar-refractivity contribution in [1.82, 2.24) is 4.31 Å². The quantitative estimate of drug-likeness (QED) is 0.510. The van der Waals surface area contributed by atoms with Crippen molar-refractivity contribution in [2.75, 3.05) is 4.90 Å². The summed E-state index contributed by atoms with van der Waals surface area (Å²) in [5.41, 5.74) is 0.447. The molecule has 1 aliphatic heterocycles. The minimum Gasteiger partial charge on any atom is -0.274 e. The minimum absolute atomic E-state index is 0.125. The third-order valence-corrected chi connectivity index (χ3v) is 8.62. The average molecular weight is 556 g/mol. The molecule has 0 spiro atoms. The fourth-order valence-corrected chi connectivity index (χ4v) is 6.54. The van der Waals surface area contributed by atoms with Crippen LogP contribution in [-0.4, -0.2) is 36.6 Å². The van der Waals surface area contributed by atoms with Gasteiger partial charge in [0.05, 0.1) is 17.0 Å². The van der Waals surface area contributed by atoms with E-state index in [1.165, 1.54) is 16.4 Å². The molecule has 1 unspecified atom stereocenters. The first-order chi connectivity index (χ1) is 14.3. The highest BCUT2D eigenvalue weighted by atomic mass is 79.9. The van der Waals surface area contributed by atoms with Gasteiger partial charge in [-0.3, -0.25) is 9.59 Å². The number of hydrogen-bond acceptors (Lipinski definition) is 4. The number of nitrogens with zero attached hydrogens (tertiary/aromatic N) is 2. The van der Waals surface area contributed by atoms with E-state index in [1.807, 2.05) is 0 Å². The lowest BCUT2D eigenvalue weighted by molar-refractivity contribution is -0.122. The maximum Gasteiger partial charge on any atom is 0.252 e. The Balaban J connectivity index is 1.73. The molecule has 9 heteroatoms. The van der Waals surface area contributed by atoms with Crippen molar-refractivity contribution in [1.29, 1.82) is 0 Å². The summed E-state index contributed by atoms with van der Waals surface area (Å²) >= 11 is 6.66. The lowest BCUT2D eigenvalue weighted by atomic mass is 10.2. The fraction of sp³-hybridized carbons (Fsp3) is 0.333. The standard InChI is InChI=1S/C21H20Br2N2O4S/c22-14-5-9-16(10-6-14)24-20(26)13-19(21(24)27)25(17-3-1-2-4-17)30(28,29)18-11-7-15(23)8-12-18/h5-12,17,19H,1-4,13H2. The average Bonchev–Trinajstić information content (AvgIpc) is 3.32. The molecule has 2 aromatic rings. The second-order valence-corrected chi connectivity index (χ2v) is 11.2. The molecule has 2 aliphatic rings. The number of hydrogen-bond donors (Lipinski definition) is 0. The van der Waals surface area contributed by atoms with Gasteiger partial charge in [-0.1, -0.05) is 44.7 Å². The van der Waals surface area contributed by atoms with Crippen LogP contribution in [0, 0.1) is 0 Å². The van der Waals surface area contributed by atoms with Gasteiger partial charge in [0.1, 0.15) is 6.04 Å². The lowest BCUT2D eigenvalue weighted by Crippen LogP contribution is -2.49. The Morgan fingerprint density at radius 1 is 0.867 bits per heavy atom. The molecule has 1 atom stereocenters. The topological polar surface area (TPSA) is 74.8 Å². The van der Waals surface area contributed by atoms with E-state index < -0.39 is 22.0 Å². The van der Waals surface area contributed by atoms with Crippen molar-refractivity contribution in [3.63, 3.8) is 0 Å². The molecule has 4 rings (SSSR count). The highest BCUT2D eigenvalue weighted by molar-refractivity contribution is 9.10. The maximum atomic E-state index is 13.6. The minimum atomic E-state index is -3.95. The van der Waals surface area contributed by atoms with E-state index in [1.54, 1.807) is 36.4 Å². The van der Waals surface area contributed by atoms with Crippen LogP contribution < -0.4 is 4.90 Å². The van der Waals surface area contributed by atoms with Crippen molar-refractivity contribution < 1.29 is 18.0 Å². The van der Waals surface area contributed by atoms with E-state index in [-0.39, 0.29) is 23.3 Å². The Hall–Kier alpha value is -1.55. The number of carbonyl (C=O) groups is 2. The molecule has 2 aromatic carbocycles. The van der Waals surface area contributed by atoms with Crippen LogP contribution in [0.5, 0.6) is 0 Å². The zero-order chi connectivity index (χ0) is 21.5. The molecule has 1 heterocycles. The normalized spacial score (nSPS) is 20.5. The molecule has 0 radical (unpaired) electrons. The third kappa shape index (κ3) is 4.00. The Labute approximate surface area is 192 Å². The summed E-state index contributed by atoms with van der Waals surface area (Å²) in [5, 5.41) is 0. The molecule has 158 valence electrons. The molecule has 2 amide bonds. The number of rotatable bonds is 5. The third-order valence-electron chi connectivity index (χ3n) is 5.59. The van der Waals surface area contributed by atoms with Crippen LogP contribution in [0.3, 0.4) is 0 Å². The highest BCUT2D eigenvalue weighted by Gasteiger charge is 2.49. The van der Waals surface area contributed by atoms with Gasteiger partial charge in [-0.25, -0.2) is 13.3 Å². The number of sulfonamides is 1. The van der Waals surface area contributed by atoms with Crippen molar-refractivity contribution in [3.05, 3.63) is 57.5 Å². The largest absolute Gasteiger partial charge is 0.274 e. The molecule has 1 saturated carbocycles. The Morgan fingerprint density at radius 3 is 1.97 bits per heavy atom. The van der Waals surface area contributed by atoms with Crippen molar-refractivity contribution in [3.8, 4) is 0 Å². The summed E-state index contributed by atoms with van der Waals surface area (Å²) in [4.78, 5) is 27.3. The second-order valence-electron chi connectivity index (χ2n) is 7.49. The summed E-state index contributed by atoms with van der Waals surface area (Å²) in [5.74, 6) is -0.878. The zero-order valence-corrected chi connectivity index (χ0v) is 20.0. The van der Waals surface area contributed by atoms with E-state index in [9.17, 15) is 18.0 Å². The lowest BCUT2D eigenvalue weighted by Gasteiger charge is -2.32. The summed E-state index contributed by atoms with van der Waals surface area (Å²) in [7, 11) is -3.95. The fourth-order valence-electron chi connectivity index (χ4n) is 4.18. The molecular formula is C21H20Br2N2O4S. The second kappa shape index (κ2) is 8.53. The predicted octanol–water partition coefficient (Wildman–Crippen LogP) is 4.48. The molecule has 0 aromatic heterocycles. The predicted molar refractivity (Wildman–Crippen MR) is 120 cm³/mol. The van der Waals surface area contributed by atoms with Crippen LogP contribution in [0.2, 0.25) is 0 Å². The number of anilines is 1. The molecule has 6 nitrogen and oxygen atoms in total. The SMILES string of the molecule is O=C1CC(N(C2CCCC2)S(=O)(=O)c2ccc(Br)cc2)C(=O)N1c1ccc(Br)cc1. The van der Waals surface area contributed by atoms with Gasteiger partial charge in [0.2, 0.25) is 15.9 Å². The van der Waals surface area contributed by atoms with Gasteiger partial charge in [0.15, 0.2) is 0 Å². The van der Waals surface area contributed by atoms with Gasteiger partial charge < -0.3 is 0 Å². The zero-order valence-electron chi connectivity index (χ0n) is 16.0. The maximum absolute atomic E-state index is 13.6. The molecular weight excluding hydrogens is 536 g/mol. The van der Waals surface area contributed by atoms with Crippen LogP contribution in [0.15, 0.2) is 62.4 Å². The molecule has 1 saturated heterocycles. The van der Waals surface area contributed by atoms with Gasteiger partial charge in [-0.2, -0.15) is 4.31 Å². The molecule has 2 fully saturated rings. The van der Waals surface area contributed by atoms with Gasteiger partial charge in [-0.15, -0.1) is 0 Å². The molecule has 30 heavy (non-hydrogen) atoms. The van der Waals surface area contributed by atoms with E-state index in [0.29, 0.717) is 18.5 Å². The highest BCUT2D eigenvalue weighted by Crippen LogP contribution is 2.36. The summed E-state index contributed by atoms with van der Waals surface area (Å²) < 4.78 is 30.1. The van der Waals surface area contributed by atoms with Gasteiger partial charge >= 0.3 is 0 Å². The van der Waals surface area contributed by atoms with Gasteiger partial charge in [-0.05, 0) is 61.4 Å². The molecule has 0 bridgehead atoms. The first-order valence-electron chi connectivity index (χ1n) is 9.70. The van der Waals surface area contributed by atoms with E-state index in [0.717, 1.165) is 26.7 Å². The van der Waals surface area contributed by atoms with E-state index in [2.05, 4.69) is 31.9 Å². The number of halogens is 2. The van der Waals surface area contributed by atoms with Crippen LogP contribution in [-0.2, 0) is 19.6 Å². The van der Waals surface area contributed by atoms with Gasteiger partial charge in [0.25, 0.3) is 5.91 Å². The first-order valence-corrected chi connectivity index (χ1v) is 12.7. The van der Waals surface area contributed by atoms with Gasteiger partial charge in [0, 0.05) is 15.0 Å². The summed E-state index contributed by atoms with van der Waals surface area (Å²) in [6, 6.07) is 11.9. The Kier molecular flexibility index (Phi) is 6.16. The number of carbonyl (C=O) groups excluding carboxylic acids is 2. The number of imide groups is 1. The van der Waals surface area contributed by atoms with Crippen LogP contribution in [0.25, 0.3) is 0 Å². The summed E-state index contributed by atoms with van der Waals surface area (Å²) in [6.45, 7) is 0. The number of benzene rings is 2. The van der Waals surface area contributed by atoms with Crippen molar-refractivity contribution >= 4 is 59.4 Å². The van der Waals surface area contributed by atoms with Crippen molar-refractivity contribution in [2.24, 2.45) is 0 Å². The van der Waals surface area contributed by atoms with E-state index in [4.69, 9.17) is 0 Å². The molecule has 0 N–H and O–H groups in total. The number of amides is 2. The van der Waals surface area contributed by atoms with E-state index >= 15 is 0 Å². The van der Waals surface area contributed by atoms with Crippen LogP contribution in [0.1, 0.15) is 32.1 Å². The summed E-state index contributed by atoms with van der Waals surface area (Å²) in [6.07, 6.45) is 3.03. The van der Waals surface area contributed by atoms with Crippen LogP contribution in [0.4, 0.5) is 5.69 Å². The van der Waals surface area contributed by atoms with Crippen LogP contribution >= 0.6 is 31.9 Å². The smallest absolute Gasteiger partial charge is 0.252 e. The molecule has 1 aliphatic carbocycles. The van der Waals surface area contributed by atoms with Crippen molar-refractivity contribution in [2.45, 2.75) is 49.1 Å². The Morgan fingerprint density at radius 2 is 1.40 bits per heavy atom. The first kappa shape index (κ1) is 21.7. The Bertz CT molecular complexity index is 1070.